The third-order valence-electron chi connectivity index (χ3n) is 3.52. The summed E-state index contributed by atoms with van der Waals surface area (Å²) in [7, 11) is 0. The number of hydrogen-bond acceptors (Lipinski definition) is 5. The molecule has 2 rings (SSSR count). The van der Waals surface area contributed by atoms with E-state index in [0.29, 0.717) is 19.7 Å². The first kappa shape index (κ1) is 14.8. The summed E-state index contributed by atoms with van der Waals surface area (Å²) >= 11 is 1.20. The van der Waals surface area contributed by atoms with E-state index < -0.39 is 6.04 Å². The van der Waals surface area contributed by atoms with Gasteiger partial charge in [-0.25, -0.2) is 0 Å². The maximum atomic E-state index is 12.2. The summed E-state index contributed by atoms with van der Waals surface area (Å²) in [6, 6.07) is 1.56. The molecule has 0 aliphatic carbocycles. The Bertz CT molecular complexity index is 599. The summed E-state index contributed by atoms with van der Waals surface area (Å²) in [5, 5.41) is 9.01. The highest BCUT2D eigenvalue weighted by Crippen LogP contribution is 2.12. The van der Waals surface area contributed by atoms with Crippen molar-refractivity contribution >= 4 is 17.2 Å². The summed E-state index contributed by atoms with van der Waals surface area (Å²) < 4.78 is 6.81. The predicted molar refractivity (Wildman–Crippen MR) is 74.6 cm³/mol. The van der Waals surface area contributed by atoms with E-state index in [4.69, 9.17) is 10.00 Å². The Morgan fingerprint density at radius 1 is 1.55 bits per heavy atom. The normalized spacial score (nSPS) is 18.9. The van der Waals surface area contributed by atoms with Crippen molar-refractivity contribution in [3.05, 3.63) is 20.2 Å². The summed E-state index contributed by atoms with van der Waals surface area (Å²) in [6.45, 7) is 5.30. The van der Waals surface area contributed by atoms with Gasteiger partial charge in [0, 0.05) is 30.1 Å². The average Bonchev–Trinajstić information content (AvgIpc) is 2.70. The van der Waals surface area contributed by atoms with Gasteiger partial charge in [0.25, 0.3) is 0 Å². The first-order valence-corrected chi connectivity index (χ1v) is 7.30. The number of aryl methyl sites for hydroxylation is 1. The number of nitrogens with zero attached hydrogens (tertiary/aromatic N) is 3. The number of hydrogen-bond donors (Lipinski definition) is 0. The third kappa shape index (κ3) is 2.92. The lowest BCUT2D eigenvalue weighted by Gasteiger charge is -2.31. The lowest BCUT2D eigenvalue weighted by Crippen LogP contribution is -2.48. The van der Waals surface area contributed by atoms with Crippen LogP contribution in [0.5, 0.6) is 0 Å². The first-order valence-electron chi connectivity index (χ1n) is 6.48. The van der Waals surface area contributed by atoms with E-state index in [0.717, 1.165) is 10.6 Å². The molecule has 0 bridgehead atoms. The Balaban J connectivity index is 2.01. The Morgan fingerprint density at radius 3 is 2.90 bits per heavy atom. The summed E-state index contributed by atoms with van der Waals surface area (Å²) in [5.74, 6) is -0.102. The van der Waals surface area contributed by atoms with Crippen molar-refractivity contribution in [2.45, 2.75) is 32.9 Å². The van der Waals surface area contributed by atoms with Crippen molar-refractivity contribution in [2.75, 3.05) is 19.8 Å². The SMILES string of the molecule is Cc1sc(=O)n(CCC(=O)N2CCOC[C@@H]2C#N)c1C. The molecule has 0 aromatic carbocycles. The number of rotatable bonds is 3. The molecule has 20 heavy (non-hydrogen) atoms. The third-order valence-corrected chi connectivity index (χ3v) is 4.52. The smallest absolute Gasteiger partial charge is 0.307 e. The topological polar surface area (TPSA) is 75.3 Å². The highest BCUT2D eigenvalue weighted by atomic mass is 32.1. The predicted octanol–water partition coefficient (Wildman–Crippen LogP) is 0.668. The maximum Gasteiger partial charge on any atom is 0.307 e. The molecule has 0 saturated carbocycles. The van der Waals surface area contributed by atoms with Crippen molar-refractivity contribution < 1.29 is 9.53 Å². The lowest BCUT2D eigenvalue weighted by atomic mass is 10.2. The highest BCUT2D eigenvalue weighted by molar-refractivity contribution is 7.09. The Labute approximate surface area is 121 Å². The van der Waals surface area contributed by atoms with Gasteiger partial charge in [0.2, 0.25) is 5.91 Å². The zero-order chi connectivity index (χ0) is 14.7. The summed E-state index contributed by atoms with van der Waals surface area (Å²) in [5.41, 5.74) is 0.909. The Hall–Kier alpha value is -1.65. The minimum absolute atomic E-state index is 0.0355. The fraction of sp³-hybridized carbons (Fsp3) is 0.615. The zero-order valence-corrected chi connectivity index (χ0v) is 12.4. The van der Waals surface area contributed by atoms with Gasteiger partial charge < -0.3 is 14.2 Å². The zero-order valence-electron chi connectivity index (χ0n) is 11.6. The van der Waals surface area contributed by atoms with Gasteiger partial charge in [-0.15, -0.1) is 0 Å². The van der Waals surface area contributed by atoms with Crippen LogP contribution >= 0.6 is 11.3 Å². The Morgan fingerprint density at radius 2 is 2.30 bits per heavy atom. The van der Waals surface area contributed by atoms with E-state index in [1.165, 1.54) is 11.3 Å². The number of ether oxygens (including phenoxy) is 1. The van der Waals surface area contributed by atoms with Crippen LogP contribution in [0.1, 0.15) is 17.0 Å². The van der Waals surface area contributed by atoms with Crippen molar-refractivity contribution in [1.82, 2.24) is 9.47 Å². The average molecular weight is 295 g/mol. The molecule has 1 aliphatic heterocycles. The molecular formula is C13H17N3O3S. The van der Waals surface area contributed by atoms with Gasteiger partial charge in [-0.2, -0.15) is 5.26 Å². The number of carbonyl (C=O) groups excluding carboxylic acids is 1. The molecule has 0 spiro atoms. The van der Waals surface area contributed by atoms with Crippen LogP contribution in [0.4, 0.5) is 0 Å². The van der Waals surface area contributed by atoms with Crippen LogP contribution in [0.15, 0.2) is 4.79 Å². The van der Waals surface area contributed by atoms with E-state index >= 15 is 0 Å². The largest absolute Gasteiger partial charge is 0.376 e. The number of nitriles is 1. The monoisotopic (exact) mass is 295 g/mol. The fourth-order valence-electron chi connectivity index (χ4n) is 2.21. The molecule has 1 aromatic rings. The van der Waals surface area contributed by atoms with Crippen LogP contribution in [0.3, 0.4) is 0 Å². The summed E-state index contributed by atoms with van der Waals surface area (Å²) in [6.07, 6.45) is 0.231. The molecule has 0 unspecified atom stereocenters. The molecule has 108 valence electrons. The van der Waals surface area contributed by atoms with Crippen LogP contribution in [0.2, 0.25) is 0 Å². The van der Waals surface area contributed by atoms with E-state index in [-0.39, 0.29) is 23.8 Å². The highest BCUT2D eigenvalue weighted by Gasteiger charge is 2.26. The van der Waals surface area contributed by atoms with Gasteiger partial charge in [-0.1, -0.05) is 11.3 Å². The van der Waals surface area contributed by atoms with E-state index in [1.807, 2.05) is 13.8 Å². The first-order chi connectivity index (χ1) is 9.54. The second-order valence-corrected chi connectivity index (χ2v) is 5.88. The minimum Gasteiger partial charge on any atom is -0.376 e. The van der Waals surface area contributed by atoms with Crippen molar-refractivity contribution in [1.29, 1.82) is 5.26 Å². The second kappa shape index (κ2) is 6.20. The quantitative estimate of drug-likeness (QED) is 0.821. The Kier molecular flexibility index (Phi) is 4.57. The molecule has 6 nitrogen and oxygen atoms in total. The van der Waals surface area contributed by atoms with Gasteiger partial charge in [0.15, 0.2) is 0 Å². The molecule has 0 radical (unpaired) electrons. The maximum absolute atomic E-state index is 12.2. The van der Waals surface area contributed by atoms with Crippen molar-refractivity contribution in [2.24, 2.45) is 0 Å². The molecular weight excluding hydrogens is 278 g/mol. The van der Waals surface area contributed by atoms with Crippen molar-refractivity contribution in [3.8, 4) is 6.07 Å². The lowest BCUT2D eigenvalue weighted by molar-refractivity contribution is -0.137. The number of aromatic nitrogens is 1. The summed E-state index contributed by atoms with van der Waals surface area (Å²) in [4.78, 5) is 26.4. The molecule has 1 amide bonds. The van der Waals surface area contributed by atoms with Gasteiger partial charge in [0.05, 0.1) is 19.3 Å². The number of thiazole rings is 1. The van der Waals surface area contributed by atoms with Gasteiger partial charge in [0.1, 0.15) is 6.04 Å². The number of morpholine rings is 1. The standard InChI is InChI=1S/C13H17N3O3S/c1-9-10(2)20-13(18)15(9)4-3-12(17)16-5-6-19-8-11(16)7-14/h11H,3-6,8H2,1-2H3/t11-/m0/s1. The van der Waals surface area contributed by atoms with E-state index in [2.05, 4.69) is 6.07 Å². The number of carbonyl (C=O) groups is 1. The molecule has 1 fully saturated rings. The minimum atomic E-state index is -0.515. The molecule has 1 atom stereocenters. The van der Waals surface area contributed by atoms with Crippen LogP contribution in [0.25, 0.3) is 0 Å². The van der Waals surface area contributed by atoms with Crippen LogP contribution in [0, 0.1) is 25.2 Å². The van der Waals surface area contributed by atoms with Crippen LogP contribution in [-0.4, -0.2) is 41.2 Å². The van der Waals surface area contributed by atoms with Gasteiger partial charge >= 0.3 is 4.87 Å². The molecule has 7 heteroatoms. The number of amides is 1. The van der Waals surface area contributed by atoms with Crippen LogP contribution < -0.4 is 4.87 Å². The molecule has 1 aliphatic rings. The van der Waals surface area contributed by atoms with Crippen molar-refractivity contribution in [3.63, 3.8) is 0 Å². The second-order valence-electron chi connectivity index (χ2n) is 4.72. The van der Waals surface area contributed by atoms with Gasteiger partial charge in [-0.05, 0) is 13.8 Å². The molecule has 1 aromatic heterocycles. The molecule has 1 saturated heterocycles. The van der Waals surface area contributed by atoms with Gasteiger partial charge in [-0.3, -0.25) is 9.59 Å². The van der Waals surface area contributed by atoms with E-state index in [9.17, 15) is 9.59 Å². The fourth-order valence-corrected chi connectivity index (χ4v) is 3.06. The molecule has 2 heterocycles. The van der Waals surface area contributed by atoms with Crippen LogP contribution in [-0.2, 0) is 16.1 Å². The van der Waals surface area contributed by atoms with E-state index in [1.54, 1.807) is 9.47 Å². The molecule has 0 N–H and O–H groups in total.